The largest absolute Gasteiger partial charge is 0.373 e. The molecule has 4 nitrogen and oxygen atoms in total. The van der Waals surface area contributed by atoms with Gasteiger partial charge in [-0.25, -0.2) is 0 Å². The van der Waals surface area contributed by atoms with Crippen molar-refractivity contribution in [3.05, 3.63) is 59.9 Å². The molecular formula is C15H15N3O. The number of anilines is 1. The fraction of sp³-hybridized carbons (Fsp3) is 0.200. The van der Waals surface area contributed by atoms with Gasteiger partial charge in [0.1, 0.15) is 6.04 Å². The molecule has 0 aliphatic carbocycles. The van der Waals surface area contributed by atoms with Gasteiger partial charge in [0.05, 0.1) is 12.2 Å². The van der Waals surface area contributed by atoms with Crippen LogP contribution in [0.5, 0.6) is 0 Å². The fourth-order valence-electron chi connectivity index (χ4n) is 2.26. The lowest BCUT2D eigenvalue weighted by Gasteiger charge is -2.11. The Labute approximate surface area is 111 Å². The van der Waals surface area contributed by atoms with Crippen molar-refractivity contribution in [3.8, 4) is 0 Å². The lowest BCUT2D eigenvalue weighted by molar-refractivity contribution is -0.121. The summed E-state index contributed by atoms with van der Waals surface area (Å²) in [6, 6.07) is 13.5. The number of carbonyl (C=O) groups is 1. The zero-order chi connectivity index (χ0) is 13.1. The van der Waals surface area contributed by atoms with Crippen molar-refractivity contribution in [1.82, 2.24) is 10.3 Å². The molecular weight excluding hydrogens is 238 g/mol. The molecule has 1 aliphatic rings. The lowest BCUT2D eigenvalue weighted by atomic mass is 10.1. The summed E-state index contributed by atoms with van der Waals surface area (Å²) in [4.78, 5) is 16.3. The van der Waals surface area contributed by atoms with Crippen LogP contribution >= 0.6 is 0 Å². The van der Waals surface area contributed by atoms with Gasteiger partial charge < -0.3 is 10.6 Å². The van der Waals surface area contributed by atoms with E-state index in [0.717, 1.165) is 17.8 Å². The number of pyridine rings is 1. The van der Waals surface area contributed by atoms with E-state index in [4.69, 9.17) is 0 Å². The smallest absolute Gasteiger partial charge is 0.243 e. The summed E-state index contributed by atoms with van der Waals surface area (Å²) in [6.07, 6.45) is 2.47. The van der Waals surface area contributed by atoms with Gasteiger partial charge in [-0.1, -0.05) is 24.3 Å². The average Bonchev–Trinajstić information content (AvgIpc) is 2.90. The van der Waals surface area contributed by atoms with Crippen molar-refractivity contribution in [2.75, 3.05) is 5.32 Å². The predicted octanol–water partition coefficient (Wildman–Crippen LogP) is 1.73. The van der Waals surface area contributed by atoms with E-state index in [1.54, 1.807) is 6.20 Å². The molecule has 0 saturated heterocycles. The molecule has 1 unspecified atom stereocenters. The van der Waals surface area contributed by atoms with Crippen LogP contribution < -0.4 is 10.6 Å². The van der Waals surface area contributed by atoms with E-state index in [9.17, 15) is 4.79 Å². The van der Waals surface area contributed by atoms with Crippen molar-refractivity contribution in [3.63, 3.8) is 0 Å². The summed E-state index contributed by atoms with van der Waals surface area (Å²) in [6.45, 7) is 0.466. The molecule has 19 heavy (non-hydrogen) atoms. The van der Waals surface area contributed by atoms with Crippen LogP contribution in [-0.4, -0.2) is 16.9 Å². The molecule has 2 N–H and O–H groups in total. The Morgan fingerprint density at radius 1 is 1.26 bits per heavy atom. The standard InChI is InChI=1S/C15H15N3O/c19-15(17-10-12-6-3-4-8-16-12)14-9-11-5-1-2-7-13(11)18-14/h1-8,14,18H,9-10H2,(H,17,19). The number of nitrogens with zero attached hydrogens (tertiary/aromatic N) is 1. The maximum atomic E-state index is 12.1. The van der Waals surface area contributed by atoms with E-state index in [0.29, 0.717) is 6.54 Å². The predicted molar refractivity (Wildman–Crippen MR) is 73.6 cm³/mol. The summed E-state index contributed by atoms with van der Waals surface area (Å²) >= 11 is 0. The minimum atomic E-state index is -0.180. The van der Waals surface area contributed by atoms with E-state index >= 15 is 0 Å². The van der Waals surface area contributed by atoms with Crippen LogP contribution in [0.2, 0.25) is 0 Å². The first-order chi connectivity index (χ1) is 9.33. The second kappa shape index (κ2) is 5.10. The molecule has 0 saturated carbocycles. The number of rotatable bonds is 3. The quantitative estimate of drug-likeness (QED) is 0.876. The first-order valence-electron chi connectivity index (χ1n) is 6.35. The van der Waals surface area contributed by atoms with Crippen LogP contribution in [0.4, 0.5) is 5.69 Å². The second-order valence-corrected chi connectivity index (χ2v) is 4.60. The van der Waals surface area contributed by atoms with Crippen LogP contribution in [-0.2, 0) is 17.8 Å². The molecule has 0 bridgehead atoms. The number of hydrogen-bond acceptors (Lipinski definition) is 3. The number of fused-ring (bicyclic) bond motifs is 1. The molecule has 2 heterocycles. The van der Waals surface area contributed by atoms with Crippen molar-refractivity contribution in [1.29, 1.82) is 0 Å². The Morgan fingerprint density at radius 3 is 2.89 bits per heavy atom. The van der Waals surface area contributed by atoms with Crippen LogP contribution in [0.25, 0.3) is 0 Å². The zero-order valence-corrected chi connectivity index (χ0v) is 10.5. The average molecular weight is 253 g/mol. The van der Waals surface area contributed by atoms with Gasteiger partial charge >= 0.3 is 0 Å². The summed E-state index contributed by atoms with van der Waals surface area (Å²) < 4.78 is 0. The Morgan fingerprint density at radius 2 is 2.11 bits per heavy atom. The normalized spacial score (nSPS) is 16.5. The van der Waals surface area contributed by atoms with Crippen LogP contribution in [0.15, 0.2) is 48.7 Å². The Kier molecular flexibility index (Phi) is 3.14. The lowest BCUT2D eigenvalue weighted by Crippen LogP contribution is -2.38. The summed E-state index contributed by atoms with van der Waals surface area (Å²) in [5.41, 5.74) is 3.12. The van der Waals surface area contributed by atoms with Crippen molar-refractivity contribution < 1.29 is 4.79 Å². The minimum absolute atomic E-state index is 0.0156. The second-order valence-electron chi connectivity index (χ2n) is 4.60. The summed E-state index contributed by atoms with van der Waals surface area (Å²) in [5.74, 6) is 0.0156. The summed E-state index contributed by atoms with van der Waals surface area (Å²) in [7, 11) is 0. The third-order valence-electron chi connectivity index (χ3n) is 3.26. The van der Waals surface area contributed by atoms with E-state index in [-0.39, 0.29) is 11.9 Å². The van der Waals surface area contributed by atoms with Gasteiger partial charge in [0.2, 0.25) is 5.91 Å². The topological polar surface area (TPSA) is 54.0 Å². The molecule has 96 valence electrons. The zero-order valence-electron chi connectivity index (χ0n) is 10.5. The van der Waals surface area contributed by atoms with Crippen molar-refractivity contribution in [2.24, 2.45) is 0 Å². The maximum absolute atomic E-state index is 12.1. The van der Waals surface area contributed by atoms with Gasteiger partial charge in [0.15, 0.2) is 0 Å². The summed E-state index contributed by atoms with van der Waals surface area (Å²) in [5, 5.41) is 6.15. The molecule has 2 aromatic rings. The molecule has 0 fully saturated rings. The van der Waals surface area contributed by atoms with Gasteiger partial charge in [-0.15, -0.1) is 0 Å². The monoisotopic (exact) mass is 253 g/mol. The Hall–Kier alpha value is -2.36. The highest BCUT2D eigenvalue weighted by molar-refractivity contribution is 5.87. The van der Waals surface area contributed by atoms with E-state index in [1.165, 1.54) is 5.56 Å². The number of hydrogen-bond donors (Lipinski definition) is 2. The molecule has 1 atom stereocenters. The number of aromatic nitrogens is 1. The molecule has 3 rings (SSSR count). The number of carbonyl (C=O) groups excluding carboxylic acids is 1. The van der Waals surface area contributed by atoms with Crippen molar-refractivity contribution in [2.45, 2.75) is 19.0 Å². The van der Waals surface area contributed by atoms with Gasteiger partial charge in [-0.05, 0) is 23.8 Å². The number of amides is 1. The number of benzene rings is 1. The molecule has 1 aromatic heterocycles. The van der Waals surface area contributed by atoms with Crippen molar-refractivity contribution >= 4 is 11.6 Å². The highest BCUT2D eigenvalue weighted by atomic mass is 16.2. The van der Waals surface area contributed by atoms with Crippen LogP contribution in [0.3, 0.4) is 0 Å². The van der Waals surface area contributed by atoms with Gasteiger partial charge in [-0.3, -0.25) is 9.78 Å². The minimum Gasteiger partial charge on any atom is -0.373 e. The molecule has 1 amide bonds. The maximum Gasteiger partial charge on any atom is 0.243 e. The molecule has 1 aliphatic heterocycles. The van der Waals surface area contributed by atoms with Crippen LogP contribution in [0.1, 0.15) is 11.3 Å². The van der Waals surface area contributed by atoms with Gasteiger partial charge in [-0.2, -0.15) is 0 Å². The first-order valence-corrected chi connectivity index (χ1v) is 6.35. The highest BCUT2D eigenvalue weighted by Crippen LogP contribution is 2.24. The van der Waals surface area contributed by atoms with E-state index < -0.39 is 0 Å². The van der Waals surface area contributed by atoms with Crippen LogP contribution in [0, 0.1) is 0 Å². The number of para-hydroxylation sites is 1. The first kappa shape index (κ1) is 11.7. The van der Waals surface area contributed by atoms with Gasteiger partial charge in [0, 0.05) is 18.3 Å². The van der Waals surface area contributed by atoms with Gasteiger partial charge in [0.25, 0.3) is 0 Å². The SMILES string of the molecule is O=C(NCc1ccccn1)C1Cc2ccccc2N1. The molecule has 0 radical (unpaired) electrons. The third kappa shape index (κ3) is 2.57. The molecule has 0 spiro atoms. The molecule has 1 aromatic carbocycles. The number of nitrogens with one attached hydrogen (secondary N) is 2. The molecule has 4 heteroatoms. The Bertz CT molecular complexity index is 558. The Balaban J connectivity index is 1.58. The highest BCUT2D eigenvalue weighted by Gasteiger charge is 2.25. The van der Waals surface area contributed by atoms with E-state index in [1.807, 2.05) is 42.5 Å². The fourth-order valence-corrected chi connectivity index (χ4v) is 2.26. The van der Waals surface area contributed by atoms with E-state index in [2.05, 4.69) is 15.6 Å². The third-order valence-corrected chi connectivity index (χ3v) is 3.26.